The molecular weight excluding hydrogens is 160 g/mol. The van der Waals surface area contributed by atoms with Crippen molar-refractivity contribution in [3.05, 3.63) is 10.1 Å². The molecule has 6 heteroatoms. The van der Waals surface area contributed by atoms with Crippen LogP contribution in [0.2, 0.25) is 0 Å². The highest BCUT2D eigenvalue weighted by Gasteiger charge is 1.95. The molecule has 0 N–H and O–H groups in total. The summed E-state index contributed by atoms with van der Waals surface area (Å²) in [6, 6.07) is 0. The van der Waals surface area contributed by atoms with Crippen molar-refractivity contribution < 1.29 is 5.03 Å². The van der Waals surface area contributed by atoms with Crippen molar-refractivity contribution in [2.24, 2.45) is 10.3 Å². The predicted molar refractivity (Wildman–Crippen MR) is 44.5 cm³/mol. The first-order valence-electron chi connectivity index (χ1n) is 3.87. The fourth-order valence-corrected chi connectivity index (χ4v) is 0.666. The second-order valence-corrected chi connectivity index (χ2v) is 2.44. The number of hydrogen-bond donors (Lipinski definition) is 0. The summed E-state index contributed by atoms with van der Waals surface area (Å²) >= 11 is 0. The van der Waals surface area contributed by atoms with Crippen molar-refractivity contribution in [3.8, 4) is 0 Å². The van der Waals surface area contributed by atoms with Crippen molar-refractivity contribution in [2.75, 3.05) is 26.7 Å². The summed E-state index contributed by atoms with van der Waals surface area (Å²) in [5.74, 6) is 0. The molecule has 0 atom stereocenters. The monoisotopic (exact) mass is 174 g/mol. The van der Waals surface area contributed by atoms with Crippen molar-refractivity contribution in [3.63, 3.8) is 0 Å². The summed E-state index contributed by atoms with van der Waals surface area (Å²) in [5, 5.41) is 15.1. The minimum Gasteiger partial charge on any atom is -0.337 e. The van der Waals surface area contributed by atoms with Gasteiger partial charge in [0, 0.05) is 18.1 Å². The maximum absolute atomic E-state index is 9.69. The number of hydrogen-bond acceptors (Lipinski definition) is 4. The van der Waals surface area contributed by atoms with E-state index in [9.17, 15) is 10.1 Å². The van der Waals surface area contributed by atoms with Gasteiger partial charge in [-0.15, -0.1) is 0 Å². The Morgan fingerprint density at radius 3 is 2.75 bits per heavy atom. The van der Waals surface area contributed by atoms with Crippen molar-refractivity contribution in [1.29, 1.82) is 0 Å². The molecule has 0 aliphatic rings. The predicted octanol–water partition coefficient (Wildman–Crippen LogP) is 0.972. The number of nitro groups is 1. The van der Waals surface area contributed by atoms with E-state index in [1.165, 1.54) is 0 Å². The molecule has 6 nitrogen and oxygen atoms in total. The summed E-state index contributed by atoms with van der Waals surface area (Å²) in [6.45, 7) is 4.35. The van der Waals surface area contributed by atoms with Gasteiger partial charge in [-0.05, 0) is 13.6 Å². The van der Waals surface area contributed by atoms with Crippen LogP contribution < -0.4 is 0 Å². The molecule has 0 radical (unpaired) electrons. The van der Waals surface area contributed by atoms with E-state index in [2.05, 4.69) is 22.2 Å². The molecule has 0 saturated carbocycles. The highest BCUT2D eigenvalue weighted by Crippen LogP contribution is 1.88. The molecule has 0 amide bonds. The maximum atomic E-state index is 9.69. The summed E-state index contributed by atoms with van der Waals surface area (Å²) < 4.78 is 0. The normalized spacial score (nSPS) is 11.2. The van der Waals surface area contributed by atoms with Crippen LogP contribution in [-0.2, 0) is 0 Å². The van der Waals surface area contributed by atoms with Gasteiger partial charge in [0.25, 0.3) is 0 Å². The van der Waals surface area contributed by atoms with E-state index in [-0.39, 0.29) is 0 Å². The lowest BCUT2D eigenvalue weighted by atomic mass is 10.4. The summed E-state index contributed by atoms with van der Waals surface area (Å²) in [4.78, 5) is 11.8. The van der Waals surface area contributed by atoms with Gasteiger partial charge < -0.3 is 15.0 Å². The minimum absolute atomic E-state index is 0.422. The molecule has 12 heavy (non-hydrogen) atoms. The molecule has 0 aromatic heterocycles. The van der Waals surface area contributed by atoms with Gasteiger partial charge in [0.15, 0.2) is 11.8 Å². The minimum atomic E-state index is -0.788. The van der Waals surface area contributed by atoms with E-state index in [4.69, 9.17) is 0 Å². The topological polar surface area (TPSA) is 71.1 Å². The molecular formula is C6H14N4O2. The van der Waals surface area contributed by atoms with Crippen LogP contribution in [0, 0.1) is 10.1 Å². The van der Waals surface area contributed by atoms with Crippen LogP contribution in [0.15, 0.2) is 10.3 Å². The number of nitrogens with zero attached hydrogens (tertiary/aromatic N) is 4. The third-order valence-corrected chi connectivity index (χ3v) is 1.47. The van der Waals surface area contributed by atoms with Gasteiger partial charge in [0.05, 0.1) is 5.03 Å². The van der Waals surface area contributed by atoms with Gasteiger partial charge in [-0.2, -0.15) is 0 Å². The maximum Gasteiger partial charge on any atom is 0.177 e. The molecule has 0 aliphatic heterocycles. The second-order valence-electron chi connectivity index (χ2n) is 2.44. The molecule has 0 saturated heterocycles. The molecule has 0 aromatic carbocycles. The Morgan fingerprint density at radius 1 is 1.58 bits per heavy atom. The summed E-state index contributed by atoms with van der Waals surface area (Å²) in [6.07, 6.45) is 0.807. The Labute approximate surface area is 71.4 Å². The zero-order chi connectivity index (χ0) is 9.40. The molecule has 0 spiro atoms. The Bertz CT molecular complexity index is 160. The average molecular weight is 174 g/mol. The Morgan fingerprint density at radius 2 is 2.25 bits per heavy atom. The van der Waals surface area contributed by atoms with Gasteiger partial charge in [-0.1, -0.05) is 6.92 Å². The molecule has 70 valence electrons. The van der Waals surface area contributed by atoms with Gasteiger partial charge in [0.1, 0.15) is 0 Å². The third kappa shape index (κ3) is 7.07. The van der Waals surface area contributed by atoms with Crippen LogP contribution in [0.25, 0.3) is 0 Å². The van der Waals surface area contributed by atoms with E-state index in [0.717, 1.165) is 19.5 Å². The van der Waals surface area contributed by atoms with E-state index in [0.29, 0.717) is 6.54 Å². The van der Waals surface area contributed by atoms with Crippen LogP contribution in [0.5, 0.6) is 0 Å². The number of rotatable bonds is 6. The molecule has 0 rings (SSSR count). The fraction of sp³-hybridized carbons (Fsp3) is 1.00. The fourth-order valence-electron chi connectivity index (χ4n) is 0.666. The first-order chi connectivity index (χ1) is 5.66. The SMILES string of the molecule is CCN(C)CCCN=N[N+](=O)[O-]. The molecule has 0 aromatic rings. The lowest BCUT2D eigenvalue weighted by molar-refractivity contribution is -0.494. The second kappa shape index (κ2) is 6.66. The lowest BCUT2D eigenvalue weighted by Crippen LogP contribution is -2.19. The molecule has 0 bridgehead atoms. The smallest absolute Gasteiger partial charge is 0.177 e. The summed E-state index contributed by atoms with van der Waals surface area (Å²) in [7, 11) is 1.99. The van der Waals surface area contributed by atoms with E-state index < -0.39 is 5.03 Å². The van der Waals surface area contributed by atoms with Gasteiger partial charge >= 0.3 is 0 Å². The highest BCUT2D eigenvalue weighted by molar-refractivity contribution is 4.48. The zero-order valence-electron chi connectivity index (χ0n) is 7.43. The Kier molecular flexibility index (Phi) is 6.08. The van der Waals surface area contributed by atoms with Crippen LogP contribution >= 0.6 is 0 Å². The molecule has 0 unspecified atom stereocenters. The van der Waals surface area contributed by atoms with Gasteiger partial charge in [-0.3, -0.25) is 0 Å². The summed E-state index contributed by atoms with van der Waals surface area (Å²) in [5.41, 5.74) is 0. The van der Waals surface area contributed by atoms with E-state index in [1.54, 1.807) is 0 Å². The molecule has 0 heterocycles. The standard InChI is InChI=1S/C6H14N4O2/c1-3-9(2)6-4-5-7-8-10(11)12/h3-6H2,1-2H3. The highest BCUT2D eigenvalue weighted by atomic mass is 16.7. The van der Waals surface area contributed by atoms with Crippen LogP contribution in [-0.4, -0.2) is 36.6 Å². The van der Waals surface area contributed by atoms with Crippen LogP contribution in [0.1, 0.15) is 13.3 Å². The lowest BCUT2D eigenvalue weighted by Gasteiger charge is -2.10. The van der Waals surface area contributed by atoms with Crippen molar-refractivity contribution in [2.45, 2.75) is 13.3 Å². The Balaban J connectivity index is 3.26. The largest absolute Gasteiger partial charge is 0.337 e. The van der Waals surface area contributed by atoms with Crippen molar-refractivity contribution in [1.82, 2.24) is 4.90 Å². The van der Waals surface area contributed by atoms with Gasteiger partial charge in [-0.25, -0.2) is 0 Å². The molecule has 0 fully saturated rings. The quantitative estimate of drug-likeness (QED) is 0.261. The van der Waals surface area contributed by atoms with E-state index in [1.807, 2.05) is 7.05 Å². The zero-order valence-corrected chi connectivity index (χ0v) is 7.43. The van der Waals surface area contributed by atoms with Crippen LogP contribution in [0.3, 0.4) is 0 Å². The molecule has 0 aliphatic carbocycles. The third-order valence-electron chi connectivity index (χ3n) is 1.47. The van der Waals surface area contributed by atoms with E-state index >= 15 is 0 Å². The Hall–Kier alpha value is -1.04. The first-order valence-corrected chi connectivity index (χ1v) is 3.87. The van der Waals surface area contributed by atoms with Crippen molar-refractivity contribution >= 4 is 0 Å². The van der Waals surface area contributed by atoms with Gasteiger partial charge in [0.2, 0.25) is 0 Å². The average Bonchev–Trinajstić information content (AvgIpc) is 2.03. The first kappa shape index (κ1) is 11.0. The van der Waals surface area contributed by atoms with Crippen LogP contribution in [0.4, 0.5) is 0 Å².